The lowest BCUT2D eigenvalue weighted by molar-refractivity contribution is -0.120. The van der Waals surface area contributed by atoms with Gasteiger partial charge in [-0.1, -0.05) is 17.7 Å². The van der Waals surface area contributed by atoms with Crippen LogP contribution >= 0.6 is 11.6 Å². The van der Waals surface area contributed by atoms with Crippen molar-refractivity contribution >= 4 is 17.4 Å². The Balaban J connectivity index is 1.94. The van der Waals surface area contributed by atoms with Crippen molar-refractivity contribution < 1.29 is 18.3 Å². The first kappa shape index (κ1) is 14.5. The molecule has 0 amide bonds. The summed E-state index contributed by atoms with van der Waals surface area (Å²) in [6, 6.07) is 9.95. The third-order valence-corrected chi connectivity index (χ3v) is 2.90. The van der Waals surface area contributed by atoms with Gasteiger partial charge in [0.15, 0.2) is 5.78 Å². The Labute approximate surface area is 119 Å². The predicted octanol–water partition coefficient (Wildman–Crippen LogP) is 3.81. The molecule has 0 saturated carbocycles. The lowest BCUT2D eigenvalue weighted by atomic mass is 10.1. The van der Waals surface area contributed by atoms with Crippen LogP contribution in [0.15, 0.2) is 42.5 Å². The zero-order chi connectivity index (χ0) is 14.5. The van der Waals surface area contributed by atoms with E-state index in [1.165, 1.54) is 6.07 Å². The minimum atomic E-state index is -0.732. The van der Waals surface area contributed by atoms with Crippen LogP contribution in [0.25, 0.3) is 0 Å². The first-order valence-electron chi connectivity index (χ1n) is 5.89. The third kappa shape index (κ3) is 3.78. The summed E-state index contributed by atoms with van der Waals surface area (Å²) in [6.45, 7) is -0.255. The molecule has 0 unspecified atom stereocenters. The van der Waals surface area contributed by atoms with Crippen molar-refractivity contribution in [3.05, 3.63) is 64.7 Å². The molecule has 0 radical (unpaired) electrons. The van der Waals surface area contributed by atoms with E-state index in [1.807, 2.05) is 0 Å². The van der Waals surface area contributed by atoms with Gasteiger partial charge >= 0.3 is 0 Å². The fraction of sp³-hybridized carbons (Fsp3) is 0.133. The number of halogens is 3. The highest BCUT2D eigenvalue weighted by Crippen LogP contribution is 2.16. The Hall–Kier alpha value is -1.94. The number of rotatable bonds is 5. The second-order valence-corrected chi connectivity index (χ2v) is 4.59. The summed E-state index contributed by atoms with van der Waals surface area (Å²) >= 11 is 5.71. The second kappa shape index (κ2) is 6.48. The highest BCUT2D eigenvalue weighted by Gasteiger charge is 2.13. The van der Waals surface area contributed by atoms with Crippen LogP contribution < -0.4 is 4.74 Å². The molecule has 0 bridgehead atoms. The van der Waals surface area contributed by atoms with Gasteiger partial charge in [-0.3, -0.25) is 4.79 Å². The lowest BCUT2D eigenvalue weighted by Gasteiger charge is -2.07. The zero-order valence-corrected chi connectivity index (χ0v) is 11.2. The molecule has 0 atom stereocenters. The van der Waals surface area contributed by atoms with Gasteiger partial charge in [0.1, 0.15) is 24.0 Å². The largest absolute Gasteiger partial charge is 0.486 e. The Bertz CT molecular complexity index is 592. The maximum Gasteiger partial charge on any atom is 0.174 e. The predicted molar refractivity (Wildman–Crippen MR) is 72.0 cm³/mol. The smallest absolute Gasteiger partial charge is 0.174 e. The van der Waals surface area contributed by atoms with Gasteiger partial charge < -0.3 is 4.74 Å². The number of hydrogen-bond donors (Lipinski definition) is 0. The van der Waals surface area contributed by atoms with E-state index < -0.39 is 17.4 Å². The second-order valence-electron chi connectivity index (χ2n) is 4.16. The van der Waals surface area contributed by atoms with Crippen LogP contribution in [-0.2, 0) is 11.2 Å². The molecule has 0 N–H and O–H groups in total. The van der Waals surface area contributed by atoms with Gasteiger partial charge in [-0.25, -0.2) is 8.78 Å². The van der Waals surface area contributed by atoms with E-state index in [9.17, 15) is 13.6 Å². The van der Waals surface area contributed by atoms with Crippen molar-refractivity contribution in [3.63, 3.8) is 0 Å². The van der Waals surface area contributed by atoms with E-state index in [1.54, 1.807) is 24.3 Å². The topological polar surface area (TPSA) is 26.3 Å². The number of carbonyl (C=O) groups is 1. The molecule has 5 heteroatoms. The van der Waals surface area contributed by atoms with E-state index in [2.05, 4.69) is 0 Å². The summed E-state index contributed by atoms with van der Waals surface area (Å²) in [5, 5.41) is 0.553. The monoisotopic (exact) mass is 296 g/mol. The first-order valence-corrected chi connectivity index (χ1v) is 6.27. The van der Waals surface area contributed by atoms with Gasteiger partial charge in [0, 0.05) is 17.0 Å². The fourth-order valence-electron chi connectivity index (χ4n) is 1.64. The van der Waals surface area contributed by atoms with Crippen molar-refractivity contribution in [2.45, 2.75) is 6.42 Å². The summed E-state index contributed by atoms with van der Waals surface area (Å²) in [5.41, 5.74) is -0.239. The molecule has 20 heavy (non-hydrogen) atoms. The molecule has 0 aromatic heterocycles. The third-order valence-electron chi connectivity index (χ3n) is 2.65. The molecule has 0 heterocycles. The summed E-state index contributed by atoms with van der Waals surface area (Å²) < 4.78 is 32.0. The molecular weight excluding hydrogens is 286 g/mol. The van der Waals surface area contributed by atoms with Crippen molar-refractivity contribution in [2.75, 3.05) is 6.61 Å². The lowest BCUT2D eigenvalue weighted by Crippen LogP contribution is -2.15. The van der Waals surface area contributed by atoms with Crippen LogP contribution in [0.1, 0.15) is 5.56 Å². The molecule has 104 valence electrons. The van der Waals surface area contributed by atoms with E-state index in [4.69, 9.17) is 16.3 Å². The van der Waals surface area contributed by atoms with Crippen LogP contribution in [-0.4, -0.2) is 12.4 Å². The maximum absolute atomic E-state index is 13.4. The minimum absolute atomic E-state index is 0.239. The molecule has 0 aliphatic carbocycles. The number of Topliss-reactive ketones (excluding diaryl/α,β-unsaturated/α-hetero) is 1. The summed E-state index contributed by atoms with van der Waals surface area (Å²) in [4.78, 5) is 11.7. The molecular formula is C15H11ClF2O2. The highest BCUT2D eigenvalue weighted by atomic mass is 35.5. The molecule has 0 fully saturated rings. The van der Waals surface area contributed by atoms with Crippen molar-refractivity contribution in [3.8, 4) is 5.75 Å². The van der Waals surface area contributed by atoms with Gasteiger partial charge in [-0.2, -0.15) is 0 Å². The SMILES string of the molecule is O=C(COc1ccc(Cl)cc1)Cc1c(F)cccc1F. The quantitative estimate of drug-likeness (QED) is 0.838. The summed E-state index contributed by atoms with van der Waals surface area (Å²) in [6.07, 6.45) is -0.341. The maximum atomic E-state index is 13.4. The number of ketones is 1. The average molecular weight is 297 g/mol. The summed E-state index contributed by atoms with van der Waals surface area (Å²) in [5.74, 6) is -1.41. The Morgan fingerprint density at radius 1 is 1.05 bits per heavy atom. The van der Waals surface area contributed by atoms with Crippen LogP contribution in [0.5, 0.6) is 5.75 Å². The van der Waals surface area contributed by atoms with Crippen LogP contribution in [0.3, 0.4) is 0 Å². The molecule has 2 aromatic carbocycles. The average Bonchev–Trinajstić information content (AvgIpc) is 2.42. The molecule has 0 spiro atoms. The van der Waals surface area contributed by atoms with E-state index in [-0.39, 0.29) is 18.6 Å². The number of hydrogen-bond acceptors (Lipinski definition) is 2. The van der Waals surface area contributed by atoms with Crippen LogP contribution in [0, 0.1) is 11.6 Å². The summed E-state index contributed by atoms with van der Waals surface area (Å²) in [7, 11) is 0. The van der Waals surface area contributed by atoms with Crippen LogP contribution in [0.2, 0.25) is 5.02 Å². The van der Waals surface area contributed by atoms with Gasteiger partial charge in [0.05, 0.1) is 0 Å². The normalized spacial score (nSPS) is 10.3. The molecule has 2 aromatic rings. The van der Waals surface area contributed by atoms with Crippen molar-refractivity contribution in [1.29, 1.82) is 0 Å². The standard InChI is InChI=1S/C15H11ClF2O2/c16-10-4-6-12(7-5-10)20-9-11(19)8-13-14(17)2-1-3-15(13)18/h1-7H,8-9H2. The minimum Gasteiger partial charge on any atom is -0.486 e. The van der Waals surface area contributed by atoms with Gasteiger partial charge in [0.2, 0.25) is 0 Å². The number of benzene rings is 2. The van der Waals surface area contributed by atoms with E-state index in [0.717, 1.165) is 12.1 Å². The molecule has 0 saturated heterocycles. The highest BCUT2D eigenvalue weighted by molar-refractivity contribution is 6.30. The van der Waals surface area contributed by atoms with E-state index >= 15 is 0 Å². The molecule has 0 aliphatic rings. The number of carbonyl (C=O) groups excluding carboxylic acids is 1. The van der Waals surface area contributed by atoms with Crippen molar-refractivity contribution in [2.24, 2.45) is 0 Å². The Morgan fingerprint density at radius 3 is 2.25 bits per heavy atom. The van der Waals surface area contributed by atoms with Gasteiger partial charge in [0.25, 0.3) is 0 Å². The first-order chi connectivity index (χ1) is 9.56. The van der Waals surface area contributed by atoms with Gasteiger partial charge in [-0.05, 0) is 36.4 Å². The van der Waals surface area contributed by atoms with Crippen LogP contribution in [0.4, 0.5) is 8.78 Å². The number of ether oxygens (including phenoxy) is 1. The Kier molecular flexibility index (Phi) is 4.69. The van der Waals surface area contributed by atoms with E-state index in [0.29, 0.717) is 10.8 Å². The molecule has 2 nitrogen and oxygen atoms in total. The fourth-order valence-corrected chi connectivity index (χ4v) is 1.77. The zero-order valence-electron chi connectivity index (χ0n) is 10.4. The van der Waals surface area contributed by atoms with Gasteiger partial charge in [-0.15, -0.1) is 0 Å². The van der Waals surface area contributed by atoms with Crippen molar-refractivity contribution in [1.82, 2.24) is 0 Å². The molecule has 2 rings (SSSR count). The Morgan fingerprint density at radius 2 is 1.65 bits per heavy atom. The molecule has 0 aliphatic heterocycles.